The van der Waals surface area contributed by atoms with Crippen molar-refractivity contribution in [2.24, 2.45) is 0 Å². The minimum atomic E-state index is -0.679. The molecule has 0 fully saturated rings. The van der Waals surface area contributed by atoms with Gasteiger partial charge in [-0.05, 0) is 50.5 Å². The van der Waals surface area contributed by atoms with Crippen LogP contribution in [-0.4, -0.2) is 47.6 Å². The van der Waals surface area contributed by atoms with Gasteiger partial charge in [-0.15, -0.1) is 0 Å². The predicted molar refractivity (Wildman–Crippen MR) is 123 cm³/mol. The number of carbonyl (C=O) groups excluding carboxylic acids is 2. The molecule has 1 N–H and O–H groups in total. The van der Waals surface area contributed by atoms with E-state index in [9.17, 15) is 14.7 Å². The summed E-state index contributed by atoms with van der Waals surface area (Å²) in [6.07, 6.45) is 0.752. The van der Waals surface area contributed by atoms with Crippen LogP contribution in [0.2, 0.25) is 0 Å². The molecular weight excluding hydrogens is 406 g/mol. The highest BCUT2D eigenvalue weighted by Crippen LogP contribution is 2.39. The van der Waals surface area contributed by atoms with E-state index in [0.717, 1.165) is 11.1 Å². The Hall–Kier alpha value is -3.12. The second-order valence-corrected chi connectivity index (χ2v) is 8.00. The number of rotatable bonds is 11. The highest BCUT2D eigenvalue weighted by Gasteiger charge is 2.43. The summed E-state index contributed by atoms with van der Waals surface area (Å²) < 4.78 is 11.2. The molecule has 2 aromatic carbocycles. The van der Waals surface area contributed by atoms with Gasteiger partial charge in [0, 0.05) is 13.0 Å². The number of aliphatic hydroxyl groups is 1. The largest absolute Gasteiger partial charge is 0.503 e. The van der Waals surface area contributed by atoms with Crippen molar-refractivity contribution in [3.8, 4) is 5.75 Å². The first-order chi connectivity index (χ1) is 15.4. The maximum Gasteiger partial charge on any atom is 0.290 e. The smallest absolute Gasteiger partial charge is 0.290 e. The fraction of sp³-hybridized carbons (Fsp3) is 0.385. The number of ether oxygens (including phenoxy) is 2. The van der Waals surface area contributed by atoms with Gasteiger partial charge in [-0.2, -0.15) is 0 Å². The van der Waals surface area contributed by atoms with Crippen molar-refractivity contribution >= 4 is 11.7 Å². The minimum Gasteiger partial charge on any atom is -0.503 e. The van der Waals surface area contributed by atoms with Gasteiger partial charge in [-0.1, -0.05) is 42.5 Å². The van der Waals surface area contributed by atoms with E-state index < -0.39 is 17.7 Å². The molecule has 0 saturated carbocycles. The molecule has 1 unspecified atom stereocenters. The van der Waals surface area contributed by atoms with E-state index in [1.54, 1.807) is 0 Å². The summed E-state index contributed by atoms with van der Waals surface area (Å²) in [4.78, 5) is 27.7. The van der Waals surface area contributed by atoms with Crippen LogP contribution < -0.4 is 4.74 Å². The number of amides is 1. The van der Waals surface area contributed by atoms with Crippen molar-refractivity contribution in [1.82, 2.24) is 4.90 Å². The van der Waals surface area contributed by atoms with Gasteiger partial charge in [0.2, 0.25) is 0 Å². The van der Waals surface area contributed by atoms with Crippen LogP contribution in [0.5, 0.6) is 5.75 Å². The van der Waals surface area contributed by atoms with Crippen molar-refractivity contribution in [1.29, 1.82) is 0 Å². The molecule has 0 radical (unpaired) electrons. The Morgan fingerprint density at radius 3 is 2.56 bits per heavy atom. The number of Topliss-reactive ketones (excluding diaryl/α,β-unsaturated/α-hetero) is 1. The lowest BCUT2D eigenvalue weighted by Crippen LogP contribution is -2.34. The molecule has 1 amide bonds. The Morgan fingerprint density at radius 1 is 1.12 bits per heavy atom. The van der Waals surface area contributed by atoms with Gasteiger partial charge < -0.3 is 19.5 Å². The maximum absolute atomic E-state index is 13.2. The van der Waals surface area contributed by atoms with Gasteiger partial charge >= 0.3 is 0 Å². The molecule has 0 saturated heterocycles. The number of aliphatic hydroxyl groups excluding tert-OH is 1. The van der Waals surface area contributed by atoms with Crippen molar-refractivity contribution in [3.63, 3.8) is 0 Å². The van der Waals surface area contributed by atoms with Crippen molar-refractivity contribution in [2.75, 3.05) is 19.8 Å². The van der Waals surface area contributed by atoms with Gasteiger partial charge in [-0.3, -0.25) is 9.59 Å². The van der Waals surface area contributed by atoms with E-state index in [4.69, 9.17) is 9.47 Å². The lowest BCUT2D eigenvalue weighted by molar-refractivity contribution is -0.130. The molecular formula is C26H31NO5. The molecule has 0 bridgehead atoms. The number of aryl methyl sites for hydroxylation is 1. The molecule has 1 atom stereocenters. The molecule has 2 aromatic rings. The van der Waals surface area contributed by atoms with Crippen LogP contribution in [0.4, 0.5) is 0 Å². The Morgan fingerprint density at radius 2 is 1.88 bits per heavy atom. The van der Waals surface area contributed by atoms with Crippen LogP contribution in [0.1, 0.15) is 44.4 Å². The first kappa shape index (κ1) is 23.5. The van der Waals surface area contributed by atoms with E-state index in [2.05, 4.69) is 0 Å². The zero-order chi connectivity index (χ0) is 23.1. The Kier molecular flexibility index (Phi) is 8.06. The number of hydrogen-bond acceptors (Lipinski definition) is 5. The third-order valence-corrected chi connectivity index (χ3v) is 5.36. The highest BCUT2D eigenvalue weighted by molar-refractivity contribution is 6.09. The molecule has 0 aliphatic carbocycles. The van der Waals surface area contributed by atoms with Gasteiger partial charge in [0.1, 0.15) is 5.75 Å². The Balaban J connectivity index is 1.90. The fourth-order valence-corrected chi connectivity index (χ4v) is 3.88. The molecule has 1 aliphatic rings. The molecule has 1 aliphatic heterocycles. The topological polar surface area (TPSA) is 76.1 Å². The summed E-state index contributed by atoms with van der Waals surface area (Å²) >= 11 is 0. The number of benzene rings is 2. The highest BCUT2D eigenvalue weighted by atomic mass is 16.5. The van der Waals surface area contributed by atoms with Crippen molar-refractivity contribution in [3.05, 3.63) is 77.1 Å². The maximum atomic E-state index is 13.2. The molecule has 0 aromatic heterocycles. The average molecular weight is 438 g/mol. The lowest BCUT2D eigenvalue weighted by Gasteiger charge is -2.27. The predicted octanol–water partition coefficient (Wildman–Crippen LogP) is 4.41. The first-order valence-electron chi connectivity index (χ1n) is 11.1. The summed E-state index contributed by atoms with van der Waals surface area (Å²) in [5, 5.41) is 10.7. The third kappa shape index (κ3) is 5.56. The molecule has 0 spiro atoms. The normalized spacial score (nSPS) is 16.2. The molecule has 6 heteroatoms. The van der Waals surface area contributed by atoms with Gasteiger partial charge in [0.15, 0.2) is 11.5 Å². The summed E-state index contributed by atoms with van der Waals surface area (Å²) in [6, 6.07) is 16.3. The first-order valence-corrected chi connectivity index (χ1v) is 11.1. The van der Waals surface area contributed by atoms with Gasteiger partial charge in [0.05, 0.1) is 30.9 Å². The fourth-order valence-electron chi connectivity index (χ4n) is 3.88. The number of hydrogen-bond donors (Lipinski definition) is 1. The van der Waals surface area contributed by atoms with Crippen LogP contribution in [-0.2, 0) is 20.7 Å². The standard InChI is InChI=1S/C26H31NO5/c1-4-31-21-12-8-11-20(17-21)24-23(22(28)14-13-19-9-6-5-7-10-19)25(29)26(30)27(24)15-16-32-18(2)3/h5-12,17-18,24,29H,4,13-16H2,1-3H3. The van der Waals surface area contributed by atoms with Crippen LogP contribution in [0.15, 0.2) is 65.9 Å². The summed E-state index contributed by atoms with van der Waals surface area (Å²) in [5.41, 5.74) is 1.90. The van der Waals surface area contributed by atoms with Gasteiger partial charge in [-0.25, -0.2) is 0 Å². The molecule has 1 heterocycles. The van der Waals surface area contributed by atoms with E-state index >= 15 is 0 Å². The summed E-state index contributed by atoms with van der Waals surface area (Å²) in [7, 11) is 0. The van der Waals surface area contributed by atoms with Crippen LogP contribution in [0.3, 0.4) is 0 Å². The van der Waals surface area contributed by atoms with Gasteiger partial charge in [0.25, 0.3) is 5.91 Å². The zero-order valence-electron chi connectivity index (χ0n) is 18.9. The summed E-state index contributed by atoms with van der Waals surface area (Å²) in [6.45, 7) is 6.81. The molecule has 6 nitrogen and oxygen atoms in total. The van der Waals surface area contributed by atoms with Crippen LogP contribution >= 0.6 is 0 Å². The molecule has 3 rings (SSSR count). The van der Waals surface area contributed by atoms with Crippen molar-refractivity contribution < 1.29 is 24.2 Å². The third-order valence-electron chi connectivity index (χ3n) is 5.36. The quantitative estimate of drug-likeness (QED) is 0.564. The number of ketones is 1. The number of carbonyl (C=O) groups is 2. The average Bonchev–Trinajstić information content (AvgIpc) is 3.03. The molecule has 32 heavy (non-hydrogen) atoms. The zero-order valence-corrected chi connectivity index (χ0v) is 18.9. The Bertz CT molecular complexity index is 967. The van der Waals surface area contributed by atoms with E-state index in [0.29, 0.717) is 25.4 Å². The van der Waals surface area contributed by atoms with E-state index in [1.807, 2.05) is 75.4 Å². The Labute approximate surface area is 189 Å². The van der Waals surface area contributed by atoms with Crippen LogP contribution in [0.25, 0.3) is 0 Å². The lowest BCUT2D eigenvalue weighted by atomic mass is 9.93. The van der Waals surface area contributed by atoms with Crippen molar-refractivity contribution in [2.45, 2.75) is 45.8 Å². The number of nitrogens with zero attached hydrogens (tertiary/aromatic N) is 1. The summed E-state index contributed by atoms with van der Waals surface area (Å²) in [5.74, 6) is -0.608. The SMILES string of the molecule is CCOc1cccc(C2C(C(=O)CCc3ccccc3)=C(O)C(=O)N2CCOC(C)C)c1. The van der Waals surface area contributed by atoms with E-state index in [-0.39, 0.29) is 30.4 Å². The minimum absolute atomic E-state index is 0.0148. The monoisotopic (exact) mass is 437 g/mol. The molecule has 170 valence electrons. The van der Waals surface area contributed by atoms with E-state index in [1.165, 1.54) is 4.90 Å². The second kappa shape index (κ2) is 11.0. The second-order valence-electron chi connectivity index (χ2n) is 8.00. The van der Waals surface area contributed by atoms with Crippen LogP contribution in [0, 0.1) is 0 Å².